The van der Waals surface area contributed by atoms with Gasteiger partial charge in [0.25, 0.3) is 0 Å². The SMILES string of the molecule is Cc1ccnc2ccn(C)c12. The second-order valence-electron chi connectivity index (χ2n) is 2.79. The van der Waals surface area contributed by atoms with E-state index in [0.29, 0.717) is 0 Å². The lowest BCUT2D eigenvalue weighted by Crippen LogP contribution is -1.87. The third kappa shape index (κ3) is 0.827. The van der Waals surface area contributed by atoms with Crippen molar-refractivity contribution in [3.8, 4) is 0 Å². The highest BCUT2D eigenvalue weighted by Gasteiger charge is 1.99. The Kier molecular flexibility index (Phi) is 1.22. The van der Waals surface area contributed by atoms with Gasteiger partial charge in [-0.3, -0.25) is 4.98 Å². The van der Waals surface area contributed by atoms with Crippen LogP contribution in [0.5, 0.6) is 0 Å². The van der Waals surface area contributed by atoms with Crippen molar-refractivity contribution in [1.82, 2.24) is 9.55 Å². The van der Waals surface area contributed by atoms with Crippen LogP contribution in [0.3, 0.4) is 0 Å². The van der Waals surface area contributed by atoms with Gasteiger partial charge in [-0.25, -0.2) is 0 Å². The van der Waals surface area contributed by atoms with E-state index in [1.807, 2.05) is 31.6 Å². The minimum absolute atomic E-state index is 1.08. The van der Waals surface area contributed by atoms with Crippen molar-refractivity contribution >= 4 is 11.0 Å². The Morgan fingerprint density at radius 1 is 1.36 bits per heavy atom. The lowest BCUT2D eigenvalue weighted by molar-refractivity contribution is 0.963. The van der Waals surface area contributed by atoms with Gasteiger partial charge in [0.2, 0.25) is 0 Å². The highest BCUT2D eigenvalue weighted by Crippen LogP contribution is 2.15. The van der Waals surface area contributed by atoms with Crippen molar-refractivity contribution in [2.24, 2.45) is 7.05 Å². The van der Waals surface area contributed by atoms with Gasteiger partial charge in [-0.15, -0.1) is 0 Å². The largest absolute Gasteiger partial charge is 0.349 e. The van der Waals surface area contributed by atoms with E-state index in [2.05, 4.69) is 16.5 Å². The molecule has 0 saturated carbocycles. The monoisotopic (exact) mass is 146 g/mol. The summed E-state index contributed by atoms with van der Waals surface area (Å²) in [5, 5.41) is 0. The molecule has 0 aliphatic rings. The molecule has 0 N–H and O–H groups in total. The normalized spacial score (nSPS) is 10.7. The van der Waals surface area contributed by atoms with Crippen LogP contribution < -0.4 is 0 Å². The molecule has 56 valence electrons. The summed E-state index contributed by atoms with van der Waals surface area (Å²) in [6, 6.07) is 4.06. The van der Waals surface area contributed by atoms with Gasteiger partial charge in [0.15, 0.2) is 0 Å². The summed E-state index contributed by atoms with van der Waals surface area (Å²) in [5.74, 6) is 0. The number of aryl methyl sites for hydroxylation is 2. The van der Waals surface area contributed by atoms with Crippen LogP contribution in [0.4, 0.5) is 0 Å². The Morgan fingerprint density at radius 3 is 2.91 bits per heavy atom. The Hall–Kier alpha value is -1.31. The van der Waals surface area contributed by atoms with Crippen LogP contribution in [0.2, 0.25) is 0 Å². The summed E-state index contributed by atoms with van der Waals surface area (Å²) >= 11 is 0. The van der Waals surface area contributed by atoms with Crippen LogP contribution in [0.1, 0.15) is 5.56 Å². The summed E-state index contributed by atoms with van der Waals surface area (Å²) in [4.78, 5) is 4.24. The molecular formula is C9H10N2. The Balaban J connectivity index is 2.96. The fourth-order valence-electron chi connectivity index (χ4n) is 1.41. The number of nitrogens with zero attached hydrogens (tertiary/aromatic N) is 2. The van der Waals surface area contributed by atoms with Crippen LogP contribution in [0, 0.1) is 6.92 Å². The Labute approximate surface area is 65.5 Å². The number of hydrogen-bond donors (Lipinski definition) is 0. The van der Waals surface area contributed by atoms with E-state index in [0.717, 1.165) is 5.52 Å². The zero-order chi connectivity index (χ0) is 7.84. The summed E-state index contributed by atoms with van der Waals surface area (Å²) < 4.78 is 2.09. The maximum Gasteiger partial charge on any atom is 0.0883 e. The molecule has 0 amide bonds. The lowest BCUT2D eigenvalue weighted by Gasteiger charge is -1.98. The minimum atomic E-state index is 1.08. The Bertz CT molecular complexity index is 387. The first kappa shape index (κ1) is 6.40. The smallest absolute Gasteiger partial charge is 0.0883 e. The number of rotatable bonds is 0. The highest BCUT2D eigenvalue weighted by atomic mass is 14.9. The molecule has 0 fully saturated rings. The second kappa shape index (κ2) is 2.09. The van der Waals surface area contributed by atoms with Crippen LogP contribution >= 0.6 is 0 Å². The third-order valence-electron chi connectivity index (χ3n) is 1.96. The number of fused-ring (bicyclic) bond motifs is 1. The maximum atomic E-state index is 4.24. The van der Waals surface area contributed by atoms with Crippen LogP contribution in [-0.4, -0.2) is 9.55 Å². The number of pyridine rings is 1. The van der Waals surface area contributed by atoms with Gasteiger partial charge >= 0.3 is 0 Å². The predicted molar refractivity (Wildman–Crippen MR) is 45.5 cm³/mol. The van der Waals surface area contributed by atoms with E-state index < -0.39 is 0 Å². The van der Waals surface area contributed by atoms with Gasteiger partial charge in [-0.2, -0.15) is 0 Å². The van der Waals surface area contributed by atoms with E-state index >= 15 is 0 Å². The zero-order valence-corrected chi connectivity index (χ0v) is 6.70. The minimum Gasteiger partial charge on any atom is -0.349 e. The molecule has 2 rings (SSSR count). The molecule has 0 aliphatic carbocycles. The van der Waals surface area contributed by atoms with Crippen molar-refractivity contribution in [3.63, 3.8) is 0 Å². The first-order chi connectivity index (χ1) is 5.29. The molecule has 0 bridgehead atoms. The molecule has 0 atom stereocenters. The molecule has 0 aromatic carbocycles. The van der Waals surface area contributed by atoms with Gasteiger partial charge in [0, 0.05) is 19.4 Å². The molecular weight excluding hydrogens is 136 g/mol. The van der Waals surface area contributed by atoms with Gasteiger partial charge in [-0.05, 0) is 24.6 Å². The number of aromatic nitrogens is 2. The van der Waals surface area contributed by atoms with Crippen LogP contribution in [0.25, 0.3) is 11.0 Å². The van der Waals surface area contributed by atoms with Crippen LogP contribution in [-0.2, 0) is 7.05 Å². The van der Waals surface area contributed by atoms with E-state index in [-0.39, 0.29) is 0 Å². The topological polar surface area (TPSA) is 17.8 Å². The molecule has 2 aromatic rings. The van der Waals surface area contributed by atoms with Gasteiger partial charge in [0.05, 0.1) is 11.0 Å². The lowest BCUT2D eigenvalue weighted by atomic mass is 10.2. The molecule has 11 heavy (non-hydrogen) atoms. The van der Waals surface area contributed by atoms with Gasteiger partial charge in [-0.1, -0.05) is 0 Å². The third-order valence-corrected chi connectivity index (χ3v) is 1.96. The molecule has 2 aromatic heterocycles. The van der Waals surface area contributed by atoms with Crippen molar-refractivity contribution < 1.29 is 0 Å². The van der Waals surface area contributed by atoms with Crippen LogP contribution in [0.15, 0.2) is 24.5 Å². The maximum absolute atomic E-state index is 4.24. The summed E-state index contributed by atoms with van der Waals surface area (Å²) in [7, 11) is 2.04. The molecule has 0 radical (unpaired) electrons. The van der Waals surface area contributed by atoms with Crippen molar-refractivity contribution in [3.05, 3.63) is 30.1 Å². The quantitative estimate of drug-likeness (QED) is 0.555. The second-order valence-corrected chi connectivity index (χ2v) is 2.79. The predicted octanol–water partition coefficient (Wildman–Crippen LogP) is 1.88. The van der Waals surface area contributed by atoms with E-state index in [9.17, 15) is 0 Å². The summed E-state index contributed by atoms with van der Waals surface area (Å²) in [6.07, 6.45) is 3.88. The van der Waals surface area contributed by atoms with E-state index in [1.165, 1.54) is 11.1 Å². The molecule has 2 heterocycles. The highest BCUT2D eigenvalue weighted by molar-refractivity contribution is 5.78. The molecule has 0 saturated heterocycles. The summed E-state index contributed by atoms with van der Waals surface area (Å²) in [6.45, 7) is 2.10. The summed E-state index contributed by atoms with van der Waals surface area (Å²) in [5.41, 5.74) is 3.59. The van der Waals surface area contributed by atoms with Crippen molar-refractivity contribution in [1.29, 1.82) is 0 Å². The average molecular weight is 146 g/mol. The first-order valence-corrected chi connectivity index (χ1v) is 3.65. The average Bonchev–Trinajstić information content (AvgIpc) is 2.34. The van der Waals surface area contributed by atoms with Crippen molar-refractivity contribution in [2.45, 2.75) is 6.92 Å². The standard InChI is InChI=1S/C9H10N2/c1-7-3-5-10-8-4-6-11(2)9(7)8/h3-6H,1-2H3. The molecule has 0 spiro atoms. The molecule has 0 aliphatic heterocycles. The van der Waals surface area contributed by atoms with E-state index in [1.54, 1.807) is 0 Å². The van der Waals surface area contributed by atoms with Gasteiger partial charge < -0.3 is 4.57 Å². The first-order valence-electron chi connectivity index (χ1n) is 3.65. The van der Waals surface area contributed by atoms with Gasteiger partial charge in [0.1, 0.15) is 0 Å². The fraction of sp³-hybridized carbons (Fsp3) is 0.222. The number of hydrogen-bond acceptors (Lipinski definition) is 1. The molecule has 2 nitrogen and oxygen atoms in total. The fourth-order valence-corrected chi connectivity index (χ4v) is 1.41. The molecule has 0 unspecified atom stereocenters. The van der Waals surface area contributed by atoms with Crippen molar-refractivity contribution in [2.75, 3.05) is 0 Å². The molecule has 2 heteroatoms. The zero-order valence-electron chi connectivity index (χ0n) is 6.70. The van der Waals surface area contributed by atoms with E-state index in [4.69, 9.17) is 0 Å². The Morgan fingerprint density at radius 2 is 2.18 bits per heavy atom.